The number of nitrogens with one attached hydrogen (secondary N) is 1. The fourth-order valence-electron chi connectivity index (χ4n) is 3.09. The van der Waals surface area contributed by atoms with Crippen molar-refractivity contribution >= 4 is 23.2 Å². The van der Waals surface area contributed by atoms with E-state index in [2.05, 4.69) is 10.3 Å². The molecule has 1 aromatic rings. The molecule has 1 aromatic heterocycles. The van der Waals surface area contributed by atoms with E-state index in [0.29, 0.717) is 12.5 Å². The first kappa shape index (κ1) is 15.5. The number of aromatic nitrogens is 1. The number of likely N-dealkylation sites (tertiary alicyclic amines) is 1. The average Bonchev–Trinajstić information content (AvgIpc) is 2.99. The van der Waals surface area contributed by atoms with Gasteiger partial charge in [-0.3, -0.25) is 9.59 Å². The van der Waals surface area contributed by atoms with Gasteiger partial charge in [-0.05, 0) is 25.7 Å². The molecule has 1 aliphatic carbocycles. The lowest BCUT2D eigenvalue weighted by atomic mass is 9.83. The maximum Gasteiger partial charge on any atom is 0.225 e. The monoisotopic (exact) mass is 321 g/mol. The second kappa shape index (κ2) is 7.22. The maximum absolute atomic E-state index is 12.2. The van der Waals surface area contributed by atoms with Crippen molar-refractivity contribution in [1.82, 2.24) is 15.2 Å². The van der Waals surface area contributed by atoms with E-state index in [1.165, 1.54) is 6.42 Å². The lowest BCUT2D eigenvalue weighted by molar-refractivity contribution is -0.141. The zero-order valence-corrected chi connectivity index (χ0v) is 13.6. The van der Waals surface area contributed by atoms with Crippen LogP contribution in [0.4, 0.5) is 0 Å². The first-order valence-corrected chi connectivity index (χ1v) is 9.07. The highest BCUT2D eigenvalue weighted by Gasteiger charge is 2.33. The Hall–Kier alpha value is -1.43. The van der Waals surface area contributed by atoms with Crippen LogP contribution in [0.1, 0.15) is 37.1 Å². The van der Waals surface area contributed by atoms with Crippen molar-refractivity contribution in [1.29, 1.82) is 0 Å². The highest BCUT2D eigenvalue weighted by molar-refractivity contribution is 7.09. The Balaban J connectivity index is 1.37. The SMILES string of the molecule is O=C(NCCc1nccs1)C1CCN(C(=O)C2CCC2)CC1. The Kier molecular flexibility index (Phi) is 5.08. The summed E-state index contributed by atoms with van der Waals surface area (Å²) >= 11 is 1.62. The Labute approximate surface area is 135 Å². The lowest BCUT2D eigenvalue weighted by Crippen LogP contribution is -2.46. The quantitative estimate of drug-likeness (QED) is 0.900. The highest BCUT2D eigenvalue weighted by Crippen LogP contribution is 2.30. The molecule has 5 nitrogen and oxygen atoms in total. The van der Waals surface area contributed by atoms with E-state index in [4.69, 9.17) is 0 Å². The Morgan fingerprint density at radius 1 is 1.23 bits per heavy atom. The van der Waals surface area contributed by atoms with Gasteiger partial charge in [0, 0.05) is 49.5 Å². The van der Waals surface area contributed by atoms with E-state index in [-0.39, 0.29) is 17.7 Å². The van der Waals surface area contributed by atoms with E-state index in [1.807, 2.05) is 10.3 Å². The number of thiazole rings is 1. The van der Waals surface area contributed by atoms with E-state index in [0.717, 1.165) is 50.2 Å². The third-order valence-electron chi connectivity index (χ3n) is 4.75. The number of carbonyl (C=O) groups is 2. The Morgan fingerprint density at radius 2 is 2.00 bits per heavy atom. The number of amides is 2. The molecule has 0 spiro atoms. The van der Waals surface area contributed by atoms with Crippen molar-refractivity contribution in [2.75, 3.05) is 19.6 Å². The van der Waals surface area contributed by atoms with Gasteiger partial charge in [-0.15, -0.1) is 11.3 Å². The van der Waals surface area contributed by atoms with Gasteiger partial charge < -0.3 is 10.2 Å². The molecule has 2 amide bonds. The summed E-state index contributed by atoms with van der Waals surface area (Å²) in [5.74, 6) is 0.770. The molecular formula is C16H23N3O2S. The molecule has 0 atom stereocenters. The van der Waals surface area contributed by atoms with Crippen LogP contribution in [0.15, 0.2) is 11.6 Å². The van der Waals surface area contributed by atoms with Gasteiger partial charge in [0.1, 0.15) is 0 Å². The standard InChI is InChI=1S/C16H23N3O2S/c20-15(18-7-4-14-17-8-11-22-14)12-5-9-19(10-6-12)16(21)13-2-1-3-13/h8,11-13H,1-7,9-10H2,(H,18,20). The summed E-state index contributed by atoms with van der Waals surface area (Å²) < 4.78 is 0. The largest absolute Gasteiger partial charge is 0.355 e. The topological polar surface area (TPSA) is 62.3 Å². The van der Waals surface area contributed by atoms with Gasteiger partial charge in [-0.25, -0.2) is 4.98 Å². The number of hydrogen-bond acceptors (Lipinski definition) is 4. The predicted octanol–water partition coefficient (Wildman–Crippen LogP) is 1.84. The van der Waals surface area contributed by atoms with E-state index >= 15 is 0 Å². The van der Waals surface area contributed by atoms with Gasteiger partial charge >= 0.3 is 0 Å². The number of hydrogen-bond donors (Lipinski definition) is 1. The minimum absolute atomic E-state index is 0.0572. The van der Waals surface area contributed by atoms with Crippen LogP contribution in [-0.2, 0) is 16.0 Å². The van der Waals surface area contributed by atoms with Gasteiger partial charge in [-0.2, -0.15) is 0 Å². The summed E-state index contributed by atoms with van der Waals surface area (Å²) in [6, 6.07) is 0. The van der Waals surface area contributed by atoms with Crippen molar-refractivity contribution in [3.05, 3.63) is 16.6 Å². The summed E-state index contributed by atoms with van der Waals surface area (Å²) in [5, 5.41) is 6.01. The summed E-state index contributed by atoms with van der Waals surface area (Å²) in [4.78, 5) is 30.5. The first-order valence-electron chi connectivity index (χ1n) is 8.19. The van der Waals surface area contributed by atoms with Gasteiger partial charge in [0.25, 0.3) is 0 Å². The normalized spacial score (nSPS) is 19.7. The van der Waals surface area contributed by atoms with Gasteiger partial charge in [0.2, 0.25) is 11.8 Å². The molecule has 1 aliphatic heterocycles. The number of nitrogens with zero attached hydrogens (tertiary/aromatic N) is 2. The highest BCUT2D eigenvalue weighted by atomic mass is 32.1. The van der Waals surface area contributed by atoms with E-state index in [9.17, 15) is 9.59 Å². The number of rotatable bonds is 5. The molecule has 6 heteroatoms. The fourth-order valence-corrected chi connectivity index (χ4v) is 3.71. The molecule has 2 heterocycles. The number of piperidine rings is 1. The molecule has 120 valence electrons. The molecule has 0 unspecified atom stereocenters. The number of carbonyl (C=O) groups excluding carboxylic acids is 2. The molecule has 2 fully saturated rings. The second-order valence-electron chi connectivity index (χ2n) is 6.19. The maximum atomic E-state index is 12.2. The zero-order valence-electron chi connectivity index (χ0n) is 12.8. The molecule has 0 radical (unpaired) electrons. The molecule has 0 aromatic carbocycles. The molecule has 3 rings (SSSR count). The Bertz CT molecular complexity index is 505. The fraction of sp³-hybridized carbons (Fsp3) is 0.688. The molecule has 1 saturated heterocycles. The first-order chi connectivity index (χ1) is 10.7. The molecule has 0 bridgehead atoms. The van der Waals surface area contributed by atoms with Gasteiger partial charge in [0.05, 0.1) is 5.01 Å². The smallest absolute Gasteiger partial charge is 0.225 e. The third kappa shape index (κ3) is 3.66. The lowest BCUT2D eigenvalue weighted by Gasteiger charge is -2.36. The molecular weight excluding hydrogens is 298 g/mol. The summed E-state index contributed by atoms with van der Waals surface area (Å²) in [6.45, 7) is 2.12. The average molecular weight is 321 g/mol. The van der Waals surface area contributed by atoms with Crippen molar-refractivity contribution in [2.45, 2.75) is 38.5 Å². The summed E-state index contributed by atoms with van der Waals surface area (Å²) in [7, 11) is 0. The van der Waals surface area contributed by atoms with Gasteiger partial charge in [-0.1, -0.05) is 6.42 Å². The van der Waals surface area contributed by atoms with Crippen molar-refractivity contribution in [2.24, 2.45) is 11.8 Å². The summed E-state index contributed by atoms with van der Waals surface area (Å²) in [6.07, 6.45) is 7.46. The van der Waals surface area contributed by atoms with Crippen LogP contribution in [0.2, 0.25) is 0 Å². The Morgan fingerprint density at radius 3 is 2.59 bits per heavy atom. The van der Waals surface area contributed by atoms with Crippen LogP contribution in [-0.4, -0.2) is 41.3 Å². The molecule has 22 heavy (non-hydrogen) atoms. The van der Waals surface area contributed by atoms with Crippen molar-refractivity contribution in [3.8, 4) is 0 Å². The van der Waals surface area contributed by atoms with E-state index in [1.54, 1.807) is 17.5 Å². The third-order valence-corrected chi connectivity index (χ3v) is 5.59. The van der Waals surface area contributed by atoms with Crippen LogP contribution in [0, 0.1) is 11.8 Å². The van der Waals surface area contributed by atoms with E-state index < -0.39 is 0 Å². The molecule has 1 N–H and O–H groups in total. The van der Waals surface area contributed by atoms with Crippen molar-refractivity contribution in [3.63, 3.8) is 0 Å². The molecule has 1 saturated carbocycles. The second-order valence-corrected chi connectivity index (χ2v) is 7.17. The van der Waals surface area contributed by atoms with Gasteiger partial charge in [0.15, 0.2) is 0 Å². The molecule has 2 aliphatic rings. The minimum atomic E-state index is 0.0572. The van der Waals surface area contributed by atoms with Crippen LogP contribution in [0.5, 0.6) is 0 Å². The minimum Gasteiger partial charge on any atom is -0.355 e. The van der Waals surface area contributed by atoms with Crippen LogP contribution >= 0.6 is 11.3 Å². The van der Waals surface area contributed by atoms with Crippen LogP contribution in [0.25, 0.3) is 0 Å². The van der Waals surface area contributed by atoms with Crippen molar-refractivity contribution < 1.29 is 9.59 Å². The van der Waals surface area contributed by atoms with Crippen LogP contribution < -0.4 is 5.32 Å². The summed E-state index contributed by atoms with van der Waals surface area (Å²) in [5.41, 5.74) is 0. The predicted molar refractivity (Wildman–Crippen MR) is 85.5 cm³/mol. The van der Waals surface area contributed by atoms with Crippen LogP contribution in [0.3, 0.4) is 0 Å². The zero-order chi connectivity index (χ0) is 15.4.